The van der Waals surface area contributed by atoms with Crippen molar-refractivity contribution >= 4 is 22.4 Å². The summed E-state index contributed by atoms with van der Waals surface area (Å²) in [5.74, 6) is 0.716. The van der Waals surface area contributed by atoms with Crippen molar-refractivity contribution in [1.29, 1.82) is 0 Å². The number of hydrogen-bond acceptors (Lipinski definition) is 4. The molecule has 1 amide bonds. The van der Waals surface area contributed by atoms with E-state index >= 15 is 0 Å². The maximum absolute atomic E-state index is 12.5. The zero-order valence-electron chi connectivity index (χ0n) is 14.8. The van der Waals surface area contributed by atoms with Gasteiger partial charge in [-0.3, -0.25) is 15.0 Å². The van der Waals surface area contributed by atoms with Gasteiger partial charge in [0, 0.05) is 24.0 Å². The molecule has 1 aromatic carbocycles. The molecule has 25 heavy (non-hydrogen) atoms. The second-order valence-corrected chi connectivity index (χ2v) is 8.28. The summed E-state index contributed by atoms with van der Waals surface area (Å²) in [4.78, 5) is 19.6. The predicted molar refractivity (Wildman–Crippen MR) is 102 cm³/mol. The van der Waals surface area contributed by atoms with Crippen LogP contribution in [0.2, 0.25) is 0 Å². The van der Waals surface area contributed by atoms with Crippen molar-refractivity contribution in [3.05, 3.63) is 46.0 Å². The molecule has 2 aromatic rings. The van der Waals surface area contributed by atoms with Crippen LogP contribution in [0.4, 0.5) is 5.13 Å². The van der Waals surface area contributed by atoms with Gasteiger partial charge >= 0.3 is 0 Å². The van der Waals surface area contributed by atoms with Crippen LogP contribution in [0.3, 0.4) is 0 Å². The molecule has 1 atom stereocenters. The van der Waals surface area contributed by atoms with Gasteiger partial charge in [-0.15, -0.1) is 11.3 Å². The Hall–Kier alpha value is -1.72. The Labute approximate surface area is 153 Å². The SMILES string of the molecule is CC1CCCN(Cc2csc(NC(=O)c3ccc4c(c3)CCC4)n2)C1. The van der Waals surface area contributed by atoms with Crippen molar-refractivity contribution in [2.75, 3.05) is 18.4 Å². The number of carbonyl (C=O) groups is 1. The summed E-state index contributed by atoms with van der Waals surface area (Å²) in [6, 6.07) is 6.08. The van der Waals surface area contributed by atoms with E-state index in [-0.39, 0.29) is 5.91 Å². The third kappa shape index (κ3) is 3.93. The smallest absolute Gasteiger partial charge is 0.257 e. The first kappa shape index (κ1) is 16.7. The van der Waals surface area contributed by atoms with Crippen LogP contribution in [0.25, 0.3) is 0 Å². The molecule has 1 fully saturated rings. The molecule has 0 spiro atoms. The molecular weight excluding hydrogens is 330 g/mol. The standard InChI is InChI=1S/C20H25N3OS/c1-14-4-3-9-23(11-14)12-18-13-25-20(21-18)22-19(24)17-8-7-15-5-2-6-16(15)10-17/h7-8,10,13-14H,2-6,9,11-12H2,1H3,(H,21,22,24). The van der Waals surface area contributed by atoms with Crippen LogP contribution >= 0.6 is 11.3 Å². The number of nitrogens with one attached hydrogen (secondary N) is 1. The normalized spacial score (nSPS) is 20.4. The number of aryl methyl sites for hydroxylation is 2. The maximum Gasteiger partial charge on any atom is 0.257 e. The summed E-state index contributed by atoms with van der Waals surface area (Å²) >= 11 is 1.52. The minimum Gasteiger partial charge on any atom is -0.298 e. The molecule has 2 heterocycles. The highest BCUT2D eigenvalue weighted by atomic mass is 32.1. The zero-order chi connectivity index (χ0) is 17.2. The molecule has 0 saturated carbocycles. The molecule has 1 saturated heterocycles. The van der Waals surface area contributed by atoms with Crippen LogP contribution in [-0.2, 0) is 19.4 Å². The summed E-state index contributed by atoms with van der Waals surface area (Å²) in [6.45, 7) is 5.50. The summed E-state index contributed by atoms with van der Waals surface area (Å²) in [7, 11) is 0. The van der Waals surface area contributed by atoms with Gasteiger partial charge in [0.2, 0.25) is 0 Å². The van der Waals surface area contributed by atoms with E-state index in [2.05, 4.69) is 33.6 Å². The summed E-state index contributed by atoms with van der Waals surface area (Å²) < 4.78 is 0. The first-order chi connectivity index (χ1) is 12.2. The fourth-order valence-electron chi connectivity index (χ4n) is 3.98. The van der Waals surface area contributed by atoms with E-state index in [1.165, 1.54) is 41.7 Å². The molecule has 132 valence electrons. The fraction of sp³-hybridized carbons (Fsp3) is 0.500. The molecule has 5 heteroatoms. The lowest BCUT2D eigenvalue weighted by molar-refractivity contribution is 0.102. The van der Waals surface area contributed by atoms with Crippen LogP contribution in [0.5, 0.6) is 0 Å². The second kappa shape index (κ2) is 7.26. The Bertz CT molecular complexity index is 770. The van der Waals surface area contributed by atoms with Crippen LogP contribution < -0.4 is 5.32 Å². The van der Waals surface area contributed by atoms with E-state index in [0.29, 0.717) is 5.13 Å². The van der Waals surface area contributed by atoms with Crippen molar-refractivity contribution in [2.45, 2.75) is 45.6 Å². The van der Waals surface area contributed by atoms with Gasteiger partial charge in [-0.05, 0) is 67.8 Å². The Balaban J connectivity index is 1.38. The van der Waals surface area contributed by atoms with E-state index < -0.39 is 0 Å². The van der Waals surface area contributed by atoms with E-state index in [1.54, 1.807) is 0 Å². The van der Waals surface area contributed by atoms with Gasteiger partial charge < -0.3 is 0 Å². The average molecular weight is 356 g/mol. The fourth-order valence-corrected chi connectivity index (χ4v) is 4.68. The lowest BCUT2D eigenvalue weighted by Gasteiger charge is -2.30. The maximum atomic E-state index is 12.5. The van der Waals surface area contributed by atoms with Gasteiger partial charge in [-0.2, -0.15) is 0 Å². The van der Waals surface area contributed by atoms with Crippen molar-refractivity contribution < 1.29 is 4.79 Å². The van der Waals surface area contributed by atoms with Crippen molar-refractivity contribution in [2.24, 2.45) is 5.92 Å². The number of nitrogens with zero attached hydrogens (tertiary/aromatic N) is 2. The number of thiazole rings is 1. The van der Waals surface area contributed by atoms with Crippen LogP contribution in [0.15, 0.2) is 23.6 Å². The Morgan fingerprint density at radius 3 is 3.08 bits per heavy atom. The monoisotopic (exact) mass is 355 g/mol. The first-order valence-electron chi connectivity index (χ1n) is 9.27. The lowest BCUT2D eigenvalue weighted by atomic mass is 10.0. The molecule has 4 nitrogen and oxygen atoms in total. The second-order valence-electron chi connectivity index (χ2n) is 7.42. The number of likely N-dealkylation sites (tertiary alicyclic amines) is 1. The summed E-state index contributed by atoms with van der Waals surface area (Å²) in [5.41, 5.74) is 4.51. The number of carbonyl (C=O) groups excluding carboxylic acids is 1. The number of rotatable bonds is 4. The highest BCUT2D eigenvalue weighted by Gasteiger charge is 2.18. The predicted octanol–water partition coefficient (Wildman–Crippen LogP) is 4.12. The topological polar surface area (TPSA) is 45.2 Å². The zero-order valence-corrected chi connectivity index (χ0v) is 15.6. The van der Waals surface area contributed by atoms with Gasteiger partial charge in [0.05, 0.1) is 5.69 Å². The quantitative estimate of drug-likeness (QED) is 0.897. The molecule has 2 aliphatic rings. The molecule has 1 aliphatic carbocycles. The van der Waals surface area contributed by atoms with Crippen molar-refractivity contribution in [1.82, 2.24) is 9.88 Å². The molecule has 1 aliphatic heterocycles. The van der Waals surface area contributed by atoms with Crippen LogP contribution in [0.1, 0.15) is 53.4 Å². The Morgan fingerprint density at radius 2 is 2.20 bits per heavy atom. The molecule has 1 N–H and O–H groups in total. The highest BCUT2D eigenvalue weighted by Crippen LogP contribution is 2.24. The molecule has 0 radical (unpaired) electrons. The number of fused-ring (bicyclic) bond motifs is 1. The molecular formula is C20H25N3OS. The number of anilines is 1. The lowest BCUT2D eigenvalue weighted by Crippen LogP contribution is -2.33. The highest BCUT2D eigenvalue weighted by molar-refractivity contribution is 7.13. The van der Waals surface area contributed by atoms with Crippen LogP contribution in [0, 0.1) is 5.92 Å². The van der Waals surface area contributed by atoms with E-state index in [4.69, 9.17) is 0 Å². The Kier molecular flexibility index (Phi) is 4.86. The third-order valence-corrected chi connectivity index (χ3v) is 6.07. The minimum atomic E-state index is -0.0535. The minimum absolute atomic E-state index is 0.0535. The number of amides is 1. The van der Waals surface area contributed by atoms with Crippen LogP contribution in [-0.4, -0.2) is 28.9 Å². The van der Waals surface area contributed by atoms with Gasteiger partial charge in [-0.1, -0.05) is 13.0 Å². The van der Waals surface area contributed by atoms with E-state index in [1.807, 2.05) is 12.1 Å². The van der Waals surface area contributed by atoms with Crippen molar-refractivity contribution in [3.63, 3.8) is 0 Å². The molecule has 1 unspecified atom stereocenters. The van der Waals surface area contributed by atoms with Gasteiger partial charge in [0.25, 0.3) is 5.91 Å². The summed E-state index contributed by atoms with van der Waals surface area (Å²) in [6.07, 6.45) is 6.03. The number of hydrogen-bond donors (Lipinski definition) is 1. The van der Waals surface area contributed by atoms with Gasteiger partial charge in [-0.25, -0.2) is 4.98 Å². The number of piperidine rings is 1. The largest absolute Gasteiger partial charge is 0.298 e. The van der Waals surface area contributed by atoms with Gasteiger partial charge in [0.15, 0.2) is 5.13 Å². The number of aromatic nitrogens is 1. The molecule has 4 rings (SSSR count). The third-order valence-electron chi connectivity index (χ3n) is 5.26. The number of benzene rings is 1. The molecule has 0 bridgehead atoms. The van der Waals surface area contributed by atoms with Gasteiger partial charge in [0.1, 0.15) is 0 Å². The van der Waals surface area contributed by atoms with E-state index in [9.17, 15) is 4.79 Å². The summed E-state index contributed by atoms with van der Waals surface area (Å²) in [5, 5.41) is 5.73. The first-order valence-corrected chi connectivity index (χ1v) is 10.2. The van der Waals surface area contributed by atoms with Crippen molar-refractivity contribution in [3.8, 4) is 0 Å². The Morgan fingerprint density at radius 1 is 1.32 bits per heavy atom. The molecule has 1 aromatic heterocycles. The average Bonchev–Trinajstić information content (AvgIpc) is 3.23. The van der Waals surface area contributed by atoms with E-state index in [0.717, 1.165) is 49.7 Å².